The average molecular weight is 497 g/mol. The number of piperidine rings is 1. The molecular weight excluding hydrogens is 468 g/mol. The first-order chi connectivity index (χ1) is 16.9. The lowest BCUT2D eigenvalue weighted by atomic mass is 9.98. The van der Waals surface area contributed by atoms with E-state index in [1.807, 2.05) is 19.9 Å². The van der Waals surface area contributed by atoms with Crippen LogP contribution in [-0.2, 0) is 14.3 Å². The molecule has 1 aromatic carbocycles. The molecule has 2 aromatic heterocycles. The minimum atomic E-state index is -0.297. The number of carbonyl (C=O) groups excluding carboxylic acids is 3. The normalized spacial score (nSPS) is 15.7. The molecular formula is C25H28N4O5S. The number of aromatic nitrogens is 2. The first-order valence-electron chi connectivity index (χ1n) is 11.6. The standard InChI is InChI=1S/C25H28N4O5S/c1-4-33-24(32)18-11-8-12-29(13-18)19(30)14-35-25-27-21(20-15(2)16(3)34-23(20)28-25)26-22(31)17-9-6-5-7-10-17/h5-7,9-10,18H,4,8,11-14H2,1-3H3,(H,26,27,28,31). The van der Waals surface area contributed by atoms with Crippen molar-refractivity contribution in [2.24, 2.45) is 5.92 Å². The second-order valence-corrected chi connectivity index (χ2v) is 9.30. The Labute approximate surface area is 207 Å². The number of hydrogen-bond acceptors (Lipinski definition) is 8. The summed E-state index contributed by atoms with van der Waals surface area (Å²) in [6, 6.07) is 8.86. The molecule has 1 unspecified atom stereocenters. The van der Waals surface area contributed by atoms with Gasteiger partial charge in [-0.1, -0.05) is 30.0 Å². The van der Waals surface area contributed by atoms with Crippen LogP contribution in [-0.4, -0.2) is 58.1 Å². The highest BCUT2D eigenvalue weighted by Gasteiger charge is 2.29. The Bertz CT molecular complexity index is 1240. The number of nitrogens with zero attached hydrogens (tertiary/aromatic N) is 3. The van der Waals surface area contributed by atoms with Crippen molar-refractivity contribution >= 4 is 46.5 Å². The molecule has 1 saturated heterocycles. The van der Waals surface area contributed by atoms with Gasteiger partial charge in [-0.3, -0.25) is 14.4 Å². The van der Waals surface area contributed by atoms with E-state index in [0.29, 0.717) is 53.1 Å². The van der Waals surface area contributed by atoms with Gasteiger partial charge in [0.25, 0.3) is 5.91 Å². The van der Waals surface area contributed by atoms with Crippen LogP contribution in [0.2, 0.25) is 0 Å². The molecule has 0 spiro atoms. The third kappa shape index (κ3) is 5.64. The number of benzene rings is 1. The Morgan fingerprint density at radius 3 is 2.71 bits per heavy atom. The predicted molar refractivity (Wildman–Crippen MR) is 132 cm³/mol. The van der Waals surface area contributed by atoms with E-state index in [4.69, 9.17) is 9.15 Å². The third-order valence-corrected chi connectivity index (χ3v) is 6.83. The van der Waals surface area contributed by atoms with Crippen molar-refractivity contribution in [2.45, 2.75) is 38.8 Å². The van der Waals surface area contributed by atoms with Gasteiger partial charge in [-0.05, 0) is 45.7 Å². The maximum absolute atomic E-state index is 12.9. The van der Waals surface area contributed by atoms with Gasteiger partial charge in [-0.15, -0.1) is 0 Å². The zero-order chi connectivity index (χ0) is 24.9. The van der Waals surface area contributed by atoms with Crippen molar-refractivity contribution in [1.82, 2.24) is 14.9 Å². The molecule has 10 heteroatoms. The molecule has 0 aliphatic carbocycles. The summed E-state index contributed by atoms with van der Waals surface area (Å²) in [4.78, 5) is 48.5. The number of nitrogens with one attached hydrogen (secondary N) is 1. The summed E-state index contributed by atoms with van der Waals surface area (Å²) in [6.07, 6.45) is 1.47. The minimum Gasteiger partial charge on any atom is -0.466 e. The largest absolute Gasteiger partial charge is 0.466 e. The first-order valence-corrected chi connectivity index (χ1v) is 12.6. The highest BCUT2D eigenvalue weighted by Crippen LogP contribution is 2.31. The van der Waals surface area contributed by atoms with Crippen molar-refractivity contribution in [2.75, 3.05) is 30.8 Å². The molecule has 3 aromatic rings. The van der Waals surface area contributed by atoms with Gasteiger partial charge in [0.1, 0.15) is 11.6 Å². The maximum atomic E-state index is 12.9. The number of carbonyl (C=O) groups is 3. The van der Waals surface area contributed by atoms with Crippen LogP contribution >= 0.6 is 11.8 Å². The molecule has 0 saturated carbocycles. The van der Waals surface area contributed by atoms with Gasteiger partial charge in [0.15, 0.2) is 5.16 Å². The topological polar surface area (TPSA) is 115 Å². The number of ether oxygens (including phenoxy) is 1. The van der Waals surface area contributed by atoms with Gasteiger partial charge in [-0.25, -0.2) is 4.98 Å². The summed E-state index contributed by atoms with van der Waals surface area (Å²) < 4.78 is 10.9. The zero-order valence-electron chi connectivity index (χ0n) is 20.0. The molecule has 0 radical (unpaired) electrons. The van der Waals surface area contributed by atoms with Gasteiger partial charge in [0, 0.05) is 24.2 Å². The van der Waals surface area contributed by atoms with Crippen LogP contribution in [0.4, 0.5) is 5.82 Å². The summed E-state index contributed by atoms with van der Waals surface area (Å²) in [6.45, 7) is 6.77. The van der Waals surface area contributed by atoms with Gasteiger partial charge >= 0.3 is 5.97 Å². The van der Waals surface area contributed by atoms with Crippen LogP contribution in [0, 0.1) is 19.8 Å². The van der Waals surface area contributed by atoms with Gasteiger partial charge in [0.2, 0.25) is 11.6 Å². The van der Waals surface area contributed by atoms with E-state index in [2.05, 4.69) is 15.3 Å². The predicted octanol–water partition coefficient (Wildman–Crippen LogP) is 3.99. The van der Waals surface area contributed by atoms with E-state index in [-0.39, 0.29) is 29.5 Å². The van der Waals surface area contributed by atoms with E-state index in [1.54, 1.807) is 36.1 Å². The van der Waals surface area contributed by atoms with Gasteiger partial charge in [0.05, 0.1) is 23.7 Å². The Morgan fingerprint density at radius 1 is 1.20 bits per heavy atom. The third-order valence-electron chi connectivity index (χ3n) is 5.99. The van der Waals surface area contributed by atoms with Crippen molar-refractivity contribution in [1.29, 1.82) is 0 Å². The number of fused-ring (bicyclic) bond motifs is 1. The number of anilines is 1. The molecule has 3 heterocycles. The minimum absolute atomic E-state index is 0.102. The summed E-state index contributed by atoms with van der Waals surface area (Å²) >= 11 is 1.17. The zero-order valence-corrected chi connectivity index (χ0v) is 20.8. The number of amides is 2. The van der Waals surface area contributed by atoms with Crippen molar-refractivity contribution < 1.29 is 23.5 Å². The summed E-state index contributed by atoms with van der Waals surface area (Å²) in [7, 11) is 0. The lowest BCUT2D eigenvalue weighted by molar-refractivity contribution is -0.151. The number of thioether (sulfide) groups is 1. The summed E-state index contributed by atoms with van der Waals surface area (Å²) in [5.41, 5.74) is 1.70. The van der Waals surface area contributed by atoms with E-state index in [1.165, 1.54) is 11.8 Å². The Kier molecular flexibility index (Phi) is 7.70. The number of rotatable bonds is 7. The van der Waals surface area contributed by atoms with Crippen LogP contribution in [0.3, 0.4) is 0 Å². The number of aryl methyl sites for hydroxylation is 2. The SMILES string of the molecule is CCOC(=O)C1CCCN(C(=O)CSc2nc(NC(=O)c3ccccc3)c3c(C)c(C)oc3n2)C1. The average Bonchev–Trinajstić information content (AvgIpc) is 3.16. The highest BCUT2D eigenvalue weighted by atomic mass is 32.2. The van der Waals surface area contributed by atoms with Crippen molar-refractivity contribution in [3.63, 3.8) is 0 Å². The van der Waals surface area contributed by atoms with Crippen molar-refractivity contribution in [3.8, 4) is 0 Å². The summed E-state index contributed by atoms with van der Waals surface area (Å²) in [5.74, 6) is 0.178. The molecule has 1 fully saturated rings. The molecule has 1 aliphatic heterocycles. The van der Waals surface area contributed by atoms with Crippen LogP contribution in [0.5, 0.6) is 0 Å². The van der Waals surface area contributed by atoms with E-state index in [0.717, 1.165) is 18.4 Å². The molecule has 1 atom stereocenters. The van der Waals surface area contributed by atoms with Crippen LogP contribution < -0.4 is 5.32 Å². The number of likely N-dealkylation sites (tertiary alicyclic amines) is 1. The Hall–Kier alpha value is -3.40. The maximum Gasteiger partial charge on any atom is 0.310 e. The number of furan rings is 1. The molecule has 9 nitrogen and oxygen atoms in total. The van der Waals surface area contributed by atoms with Crippen LogP contribution in [0.25, 0.3) is 11.1 Å². The highest BCUT2D eigenvalue weighted by molar-refractivity contribution is 7.99. The second-order valence-electron chi connectivity index (χ2n) is 8.36. The fourth-order valence-electron chi connectivity index (χ4n) is 4.03. The number of hydrogen-bond donors (Lipinski definition) is 1. The fourth-order valence-corrected chi connectivity index (χ4v) is 4.77. The monoisotopic (exact) mass is 496 g/mol. The molecule has 2 amide bonds. The van der Waals surface area contributed by atoms with E-state index < -0.39 is 0 Å². The Morgan fingerprint density at radius 2 is 1.97 bits per heavy atom. The second kappa shape index (κ2) is 10.9. The Balaban J connectivity index is 1.50. The lowest BCUT2D eigenvalue weighted by Crippen LogP contribution is -2.43. The van der Waals surface area contributed by atoms with Crippen LogP contribution in [0.1, 0.15) is 41.4 Å². The first kappa shape index (κ1) is 24.7. The summed E-state index contributed by atoms with van der Waals surface area (Å²) in [5, 5.41) is 3.82. The van der Waals surface area contributed by atoms with Crippen LogP contribution in [0.15, 0.2) is 39.9 Å². The van der Waals surface area contributed by atoms with E-state index >= 15 is 0 Å². The van der Waals surface area contributed by atoms with Gasteiger partial charge < -0.3 is 19.4 Å². The molecule has 184 valence electrons. The number of esters is 1. The molecule has 0 bridgehead atoms. The quantitative estimate of drug-likeness (QED) is 0.297. The molecule has 4 rings (SSSR count). The fraction of sp³-hybridized carbons (Fsp3) is 0.400. The molecule has 1 aliphatic rings. The lowest BCUT2D eigenvalue weighted by Gasteiger charge is -2.31. The van der Waals surface area contributed by atoms with E-state index in [9.17, 15) is 14.4 Å². The molecule has 1 N–H and O–H groups in total. The smallest absolute Gasteiger partial charge is 0.310 e. The van der Waals surface area contributed by atoms with Gasteiger partial charge in [-0.2, -0.15) is 4.98 Å². The van der Waals surface area contributed by atoms with Crippen molar-refractivity contribution in [3.05, 3.63) is 47.2 Å². The molecule has 35 heavy (non-hydrogen) atoms.